The lowest BCUT2D eigenvalue weighted by atomic mass is 10.1. The molecule has 19 heavy (non-hydrogen) atoms. The minimum atomic E-state index is -0.143. The molecule has 0 bridgehead atoms. The molecule has 0 atom stereocenters. The number of Topliss-reactive ketones (excluding diaryl/α,β-unsaturated/α-hetero) is 1. The molecule has 104 valence electrons. The summed E-state index contributed by atoms with van der Waals surface area (Å²) >= 11 is 0. The molecular formula is C16H22O3. The van der Waals surface area contributed by atoms with Crippen LogP contribution in [-0.2, 0) is 20.9 Å². The van der Waals surface area contributed by atoms with E-state index in [4.69, 9.17) is 4.74 Å². The van der Waals surface area contributed by atoms with Gasteiger partial charge in [-0.1, -0.05) is 43.2 Å². The summed E-state index contributed by atoms with van der Waals surface area (Å²) in [6, 6.07) is 9.67. The summed E-state index contributed by atoms with van der Waals surface area (Å²) in [5.41, 5.74) is 1.01. The number of ketones is 1. The summed E-state index contributed by atoms with van der Waals surface area (Å²) in [5, 5.41) is 0. The van der Waals surface area contributed by atoms with E-state index in [9.17, 15) is 9.59 Å². The van der Waals surface area contributed by atoms with Crippen molar-refractivity contribution in [3.8, 4) is 0 Å². The minimum Gasteiger partial charge on any atom is -0.461 e. The number of hydrogen-bond acceptors (Lipinski definition) is 3. The number of unbranched alkanes of at least 4 members (excludes halogenated alkanes) is 3. The third kappa shape index (κ3) is 8.14. The molecule has 3 nitrogen and oxygen atoms in total. The van der Waals surface area contributed by atoms with E-state index in [1.54, 1.807) is 6.92 Å². The standard InChI is InChI=1S/C16H22O3/c1-14(17)9-5-2-3-8-12-16(18)19-13-15-10-6-4-7-11-15/h4,6-7,10-11H,2-3,5,8-9,12-13H2,1H3. The number of carbonyl (C=O) groups excluding carboxylic acids is 2. The molecule has 0 aromatic heterocycles. The highest BCUT2D eigenvalue weighted by Crippen LogP contribution is 2.08. The molecule has 0 heterocycles. The molecular weight excluding hydrogens is 240 g/mol. The van der Waals surface area contributed by atoms with Crippen LogP contribution in [0.2, 0.25) is 0 Å². The molecule has 0 aliphatic carbocycles. The smallest absolute Gasteiger partial charge is 0.306 e. The Morgan fingerprint density at radius 2 is 1.58 bits per heavy atom. The zero-order valence-corrected chi connectivity index (χ0v) is 11.6. The highest BCUT2D eigenvalue weighted by Gasteiger charge is 2.03. The van der Waals surface area contributed by atoms with Crippen LogP contribution in [0.25, 0.3) is 0 Å². The molecule has 1 aromatic rings. The van der Waals surface area contributed by atoms with Crippen molar-refractivity contribution in [3.63, 3.8) is 0 Å². The van der Waals surface area contributed by atoms with Gasteiger partial charge in [0.1, 0.15) is 12.4 Å². The second kappa shape index (κ2) is 9.31. The first kappa shape index (κ1) is 15.4. The van der Waals surface area contributed by atoms with E-state index in [0.29, 0.717) is 19.4 Å². The summed E-state index contributed by atoms with van der Waals surface area (Å²) < 4.78 is 5.18. The summed E-state index contributed by atoms with van der Waals surface area (Å²) in [6.07, 6.45) is 4.87. The number of carbonyl (C=O) groups is 2. The van der Waals surface area contributed by atoms with E-state index in [1.165, 1.54) is 0 Å². The Hall–Kier alpha value is -1.64. The van der Waals surface area contributed by atoms with E-state index >= 15 is 0 Å². The molecule has 1 aromatic carbocycles. The first-order valence-corrected chi connectivity index (χ1v) is 6.87. The van der Waals surface area contributed by atoms with Gasteiger partial charge in [0.15, 0.2) is 0 Å². The second-order valence-electron chi connectivity index (χ2n) is 4.76. The van der Waals surface area contributed by atoms with Gasteiger partial charge in [-0.3, -0.25) is 4.79 Å². The molecule has 0 saturated heterocycles. The van der Waals surface area contributed by atoms with Crippen molar-refractivity contribution in [1.29, 1.82) is 0 Å². The molecule has 0 amide bonds. The molecule has 3 heteroatoms. The Kier molecular flexibility index (Phi) is 7.56. The zero-order chi connectivity index (χ0) is 13.9. The lowest BCUT2D eigenvalue weighted by molar-refractivity contribution is -0.145. The van der Waals surface area contributed by atoms with Crippen molar-refractivity contribution in [2.24, 2.45) is 0 Å². The van der Waals surface area contributed by atoms with Gasteiger partial charge in [0.05, 0.1) is 0 Å². The van der Waals surface area contributed by atoms with Crippen LogP contribution in [0.5, 0.6) is 0 Å². The van der Waals surface area contributed by atoms with Crippen molar-refractivity contribution in [2.75, 3.05) is 0 Å². The molecule has 0 N–H and O–H groups in total. The van der Waals surface area contributed by atoms with Gasteiger partial charge in [-0.05, 0) is 25.3 Å². The third-order valence-electron chi connectivity index (χ3n) is 2.90. The molecule has 1 rings (SSSR count). The number of esters is 1. The average molecular weight is 262 g/mol. The predicted molar refractivity (Wildman–Crippen MR) is 74.6 cm³/mol. The molecule has 0 spiro atoms. The highest BCUT2D eigenvalue weighted by atomic mass is 16.5. The van der Waals surface area contributed by atoms with E-state index in [-0.39, 0.29) is 11.8 Å². The lowest BCUT2D eigenvalue weighted by Gasteiger charge is -2.04. The number of hydrogen-bond donors (Lipinski definition) is 0. The summed E-state index contributed by atoms with van der Waals surface area (Å²) in [7, 11) is 0. The number of rotatable bonds is 9. The van der Waals surface area contributed by atoms with Gasteiger partial charge in [-0.25, -0.2) is 0 Å². The first-order valence-electron chi connectivity index (χ1n) is 6.87. The van der Waals surface area contributed by atoms with Gasteiger partial charge in [0, 0.05) is 12.8 Å². The van der Waals surface area contributed by atoms with Crippen LogP contribution >= 0.6 is 0 Å². The van der Waals surface area contributed by atoms with Gasteiger partial charge in [-0.15, -0.1) is 0 Å². The van der Waals surface area contributed by atoms with Gasteiger partial charge >= 0.3 is 5.97 Å². The maximum absolute atomic E-state index is 11.5. The van der Waals surface area contributed by atoms with E-state index in [2.05, 4.69) is 0 Å². The van der Waals surface area contributed by atoms with Crippen molar-refractivity contribution in [3.05, 3.63) is 35.9 Å². The topological polar surface area (TPSA) is 43.4 Å². The van der Waals surface area contributed by atoms with Gasteiger partial charge < -0.3 is 9.53 Å². The fourth-order valence-corrected chi connectivity index (χ4v) is 1.81. The maximum atomic E-state index is 11.5. The summed E-state index contributed by atoms with van der Waals surface area (Å²) in [4.78, 5) is 22.2. The van der Waals surface area contributed by atoms with Crippen molar-refractivity contribution in [2.45, 2.75) is 52.1 Å². The maximum Gasteiger partial charge on any atom is 0.306 e. The fraction of sp³-hybridized carbons (Fsp3) is 0.500. The first-order chi connectivity index (χ1) is 9.18. The predicted octanol–water partition coefficient (Wildman–Crippen LogP) is 3.66. The molecule has 0 saturated carbocycles. The average Bonchev–Trinajstić information content (AvgIpc) is 2.41. The van der Waals surface area contributed by atoms with Crippen LogP contribution < -0.4 is 0 Å². The summed E-state index contributed by atoms with van der Waals surface area (Å²) in [6.45, 7) is 1.96. The normalized spacial score (nSPS) is 10.2. The number of benzene rings is 1. The van der Waals surface area contributed by atoms with Gasteiger partial charge in [0.25, 0.3) is 0 Å². The molecule has 0 aliphatic rings. The van der Waals surface area contributed by atoms with E-state index in [0.717, 1.165) is 31.2 Å². The highest BCUT2D eigenvalue weighted by molar-refractivity contribution is 5.75. The Morgan fingerprint density at radius 1 is 0.947 bits per heavy atom. The van der Waals surface area contributed by atoms with Crippen LogP contribution in [0.15, 0.2) is 30.3 Å². The van der Waals surface area contributed by atoms with Crippen molar-refractivity contribution >= 4 is 11.8 Å². The Bertz CT molecular complexity index is 384. The minimum absolute atomic E-state index is 0.143. The fourth-order valence-electron chi connectivity index (χ4n) is 1.81. The van der Waals surface area contributed by atoms with Crippen molar-refractivity contribution in [1.82, 2.24) is 0 Å². The molecule has 0 fully saturated rings. The molecule has 0 radical (unpaired) electrons. The van der Waals surface area contributed by atoms with E-state index < -0.39 is 0 Å². The monoisotopic (exact) mass is 262 g/mol. The van der Waals surface area contributed by atoms with Gasteiger partial charge in [0.2, 0.25) is 0 Å². The van der Waals surface area contributed by atoms with Crippen LogP contribution in [-0.4, -0.2) is 11.8 Å². The Labute approximate surface area is 115 Å². The molecule has 0 unspecified atom stereocenters. The second-order valence-corrected chi connectivity index (χ2v) is 4.76. The summed E-state index contributed by atoms with van der Waals surface area (Å²) in [5.74, 6) is 0.0951. The zero-order valence-electron chi connectivity index (χ0n) is 11.6. The SMILES string of the molecule is CC(=O)CCCCCCC(=O)OCc1ccccc1. The quantitative estimate of drug-likeness (QED) is 0.504. The Morgan fingerprint density at radius 3 is 2.21 bits per heavy atom. The van der Waals surface area contributed by atoms with Crippen LogP contribution in [0.4, 0.5) is 0 Å². The van der Waals surface area contributed by atoms with Crippen LogP contribution in [0.1, 0.15) is 51.0 Å². The number of ether oxygens (including phenoxy) is 1. The van der Waals surface area contributed by atoms with E-state index in [1.807, 2.05) is 30.3 Å². The van der Waals surface area contributed by atoms with Crippen molar-refractivity contribution < 1.29 is 14.3 Å². The van der Waals surface area contributed by atoms with Crippen LogP contribution in [0.3, 0.4) is 0 Å². The van der Waals surface area contributed by atoms with Gasteiger partial charge in [-0.2, -0.15) is 0 Å². The largest absolute Gasteiger partial charge is 0.461 e. The third-order valence-corrected chi connectivity index (χ3v) is 2.90. The molecule has 0 aliphatic heterocycles. The Balaban J connectivity index is 2.01. The lowest BCUT2D eigenvalue weighted by Crippen LogP contribution is -2.04. The van der Waals surface area contributed by atoms with Crippen LogP contribution in [0, 0.1) is 0 Å².